The van der Waals surface area contributed by atoms with Crippen molar-refractivity contribution in [1.82, 2.24) is 10.2 Å². The minimum atomic E-state index is -0.440. The number of aryl methyl sites for hydroxylation is 1. The van der Waals surface area contributed by atoms with E-state index in [1.807, 2.05) is 61.5 Å². The monoisotopic (exact) mass is 392 g/mol. The smallest absolute Gasteiger partial charge is 0.277 e. The Morgan fingerprint density at radius 1 is 1.21 bits per heavy atom. The van der Waals surface area contributed by atoms with Gasteiger partial charge >= 0.3 is 0 Å². The summed E-state index contributed by atoms with van der Waals surface area (Å²) >= 11 is 1.21. The minimum Gasteiger partial charge on any atom is -0.411 e. The second-order valence-corrected chi connectivity index (χ2v) is 7.53. The first-order valence-corrected chi connectivity index (χ1v) is 9.77. The van der Waals surface area contributed by atoms with E-state index in [1.54, 1.807) is 11.8 Å². The number of carbonyl (C=O) groups excluding carboxylic acids is 1. The van der Waals surface area contributed by atoms with Gasteiger partial charge in [-0.25, -0.2) is 0 Å². The summed E-state index contributed by atoms with van der Waals surface area (Å²) in [6.45, 7) is 4.13. The van der Waals surface area contributed by atoms with Crippen LogP contribution in [0, 0.1) is 18.3 Å². The van der Waals surface area contributed by atoms with Gasteiger partial charge in [0.1, 0.15) is 0 Å². The lowest BCUT2D eigenvalue weighted by molar-refractivity contribution is -0.117. The van der Waals surface area contributed by atoms with E-state index in [9.17, 15) is 4.79 Å². The number of hydrogen-bond acceptors (Lipinski definition) is 6. The van der Waals surface area contributed by atoms with Crippen LogP contribution in [-0.2, 0) is 4.79 Å². The molecule has 3 aromatic rings. The first-order chi connectivity index (χ1) is 13.6. The molecule has 0 N–H and O–H groups in total. The molecule has 0 saturated heterocycles. The van der Waals surface area contributed by atoms with Crippen LogP contribution in [0.4, 0.5) is 5.69 Å². The molecule has 0 aliphatic carbocycles. The van der Waals surface area contributed by atoms with Crippen LogP contribution < -0.4 is 4.90 Å². The van der Waals surface area contributed by atoms with Gasteiger partial charge in [-0.1, -0.05) is 47.7 Å². The molecular weight excluding hydrogens is 372 g/mol. The van der Waals surface area contributed by atoms with Crippen LogP contribution >= 0.6 is 11.8 Å². The lowest BCUT2D eigenvalue weighted by Crippen LogP contribution is -2.37. The number of rotatable bonds is 7. The Labute approximate surface area is 168 Å². The van der Waals surface area contributed by atoms with Gasteiger partial charge in [0.25, 0.3) is 5.22 Å². The molecule has 2 aromatic carbocycles. The molecule has 3 rings (SSSR count). The summed E-state index contributed by atoms with van der Waals surface area (Å²) in [5, 5.41) is 17.0. The Balaban J connectivity index is 1.73. The van der Waals surface area contributed by atoms with E-state index in [2.05, 4.69) is 16.3 Å². The van der Waals surface area contributed by atoms with Crippen LogP contribution in [0.25, 0.3) is 11.5 Å². The molecule has 1 heterocycles. The number of thioether (sulfide) groups is 1. The van der Waals surface area contributed by atoms with E-state index in [1.165, 1.54) is 11.8 Å². The van der Waals surface area contributed by atoms with Crippen molar-refractivity contribution in [2.45, 2.75) is 30.7 Å². The quantitative estimate of drug-likeness (QED) is 0.552. The van der Waals surface area contributed by atoms with E-state index >= 15 is 0 Å². The third kappa shape index (κ3) is 4.78. The topological polar surface area (TPSA) is 83.0 Å². The first-order valence-electron chi connectivity index (χ1n) is 8.89. The van der Waals surface area contributed by atoms with Crippen molar-refractivity contribution in [1.29, 1.82) is 5.26 Å². The zero-order valence-corrected chi connectivity index (χ0v) is 16.5. The fourth-order valence-electron chi connectivity index (χ4n) is 2.71. The summed E-state index contributed by atoms with van der Waals surface area (Å²) in [5.41, 5.74) is 2.71. The molecule has 1 amide bonds. The van der Waals surface area contributed by atoms with E-state index in [-0.39, 0.29) is 12.3 Å². The largest absolute Gasteiger partial charge is 0.411 e. The van der Waals surface area contributed by atoms with E-state index in [0.717, 1.165) is 16.8 Å². The third-order valence-corrected chi connectivity index (χ3v) is 5.00. The van der Waals surface area contributed by atoms with Gasteiger partial charge < -0.3 is 9.32 Å². The summed E-state index contributed by atoms with van der Waals surface area (Å²) in [4.78, 5) is 14.6. The Morgan fingerprint density at radius 3 is 2.71 bits per heavy atom. The molecule has 1 aromatic heterocycles. The number of aromatic nitrogens is 2. The van der Waals surface area contributed by atoms with E-state index < -0.39 is 5.25 Å². The highest BCUT2D eigenvalue weighted by Crippen LogP contribution is 2.28. The van der Waals surface area contributed by atoms with Crippen molar-refractivity contribution in [2.75, 3.05) is 11.4 Å². The normalized spacial score (nSPS) is 11.6. The van der Waals surface area contributed by atoms with Gasteiger partial charge in [-0.2, -0.15) is 5.26 Å². The number of para-hydroxylation sites is 1. The summed E-state index contributed by atoms with van der Waals surface area (Å²) in [6.07, 6.45) is 0.260. The standard InChI is InChI=1S/C21H20N4O2S/c1-15-8-6-9-17(14-15)19-23-24-21(27-19)28-16(2)20(26)25(13-7-12-22)18-10-4-3-5-11-18/h3-6,8-11,14,16H,7,13H2,1-2H3/t16-/m1/s1. The van der Waals surface area contributed by atoms with Crippen molar-refractivity contribution < 1.29 is 9.21 Å². The van der Waals surface area contributed by atoms with Gasteiger partial charge in [0.2, 0.25) is 11.8 Å². The number of carbonyl (C=O) groups is 1. The van der Waals surface area contributed by atoms with Crippen molar-refractivity contribution >= 4 is 23.4 Å². The Kier molecular flexibility index (Phi) is 6.45. The average Bonchev–Trinajstić information content (AvgIpc) is 3.17. The molecule has 7 heteroatoms. The van der Waals surface area contributed by atoms with Crippen LogP contribution in [0.1, 0.15) is 18.9 Å². The second kappa shape index (κ2) is 9.20. The molecule has 0 fully saturated rings. The molecule has 6 nitrogen and oxygen atoms in total. The van der Waals surface area contributed by atoms with Gasteiger partial charge in [0.15, 0.2) is 0 Å². The lowest BCUT2D eigenvalue weighted by atomic mass is 10.1. The van der Waals surface area contributed by atoms with E-state index in [4.69, 9.17) is 9.68 Å². The van der Waals surface area contributed by atoms with Crippen molar-refractivity contribution in [3.63, 3.8) is 0 Å². The maximum absolute atomic E-state index is 13.0. The Bertz CT molecular complexity index is 981. The predicted octanol–water partition coefficient (Wildman–Crippen LogP) is 4.47. The molecule has 0 saturated carbocycles. The van der Waals surface area contributed by atoms with Crippen molar-refractivity contribution in [3.8, 4) is 17.5 Å². The molecule has 0 unspecified atom stereocenters. The van der Waals surface area contributed by atoms with Gasteiger partial charge in [-0.3, -0.25) is 4.79 Å². The third-order valence-electron chi connectivity index (χ3n) is 4.08. The highest BCUT2D eigenvalue weighted by molar-refractivity contribution is 8.00. The maximum atomic E-state index is 13.0. The van der Waals surface area contributed by atoms with Gasteiger partial charge in [0, 0.05) is 17.8 Å². The molecule has 28 heavy (non-hydrogen) atoms. The zero-order chi connectivity index (χ0) is 19.9. The number of benzene rings is 2. The molecule has 0 radical (unpaired) electrons. The fourth-order valence-corrected chi connectivity index (χ4v) is 3.46. The summed E-state index contributed by atoms with van der Waals surface area (Å²) in [5.74, 6) is 0.317. The number of nitrogens with zero attached hydrogens (tertiary/aromatic N) is 4. The number of amides is 1. The second-order valence-electron chi connectivity index (χ2n) is 6.24. The Hall–Kier alpha value is -3.11. The first kappa shape index (κ1) is 19.6. The lowest BCUT2D eigenvalue weighted by Gasteiger charge is -2.24. The maximum Gasteiger partial charge on any atom is 0.277 e. The van der Waals surface area contributed by atoms with Crippen molar-refractivity contribution in [2.24, 2.45) is 0 Å². The molecule has 142 valence electrons. The van der Waals surface area contributed by atoms with Gasteiger partial charge in [0.05, 0.1) is 17.7 Å². The minimum absolute atomic E-state index is 0.109. The highest BCUT2D eigenvalue weighted by Gasteiger charge is 2.25. The summed E-state index contributed by atoms with van der Waals surface area (Å²) in [7, 11) is 0. The molecule has 0 spiro atoms. The molecular formula is C21H20N4O2S. The van der Waals surface area contributed by atoms with Crippen LogP contribution in [0.5, 0.6) is 0 Å². The molecule has 0 aliphatic heterocycles. The summed E-state index contributed by atoms with van der Waals surface area (Å²) < 4.78 is 5.73. The fraction of sp³-hybridized carbons (Fsp3) is 0.238. The van der Waals surface area contributed by atoms with Crippen LogP contribution in [0.15, 0.2) is 64.2 Å². The summed E-state index contributed by atoms with van der Waals surface area (Å²) in [6, 6.07) is 19.2. The Morgan fingerprint density at radius 2 is 2.00 bits per heavy atom. The highest BCUT2D eigenvalue weighted by atomic mass is 32.2. The van der Waals surface area contributed by atoms with Gasteiger partial charge in [-0.05, 0) is 38.1 Å². The molecule has 0 aliphatic rings. The zero-order valence-electron chi connectivity index (χ0n) is 15.7. The number of anilines is 1. The SMILES string of the molecule is Cc1cccc(-c2nnc(S[C@H](C)C(=O)N(CCC#N)c3ccccc3)o2)c1. The van der Waals surface area contributed by atoms with E-state index in [0.29, 0.717) is 17.7 Å². The molecule has 1 atom stereocenters. The van der Waals surface area contributed by atoms with Crippen LogP contribution in [0.2, 0.25) is 0 Å². The van der Waals surface area contributed by atoms with Crippen molar-refractivity contribution in [3.05, 3.63) is 60.2 Å². The average molecular weight is 392 g/mol. The van der Waals surface area contributed by atoms with Crippen LogP contribution in [0.3, 0.4) is 0 Å². The van der Waals surface area contributed by atoms with Gasteiger partial charge in [-0.15, -0.1) is 10.2 Å². The van der Waals surface area contributed by atoms with Crippen LogP contribution in [-0.4, -0.2) is 27.9 Å². The number of hydrogen-bond donors (Lipinski definition) is 0. The predicted molar refractivity (Wildman–Crippen MR) is 109 cm³/mol. The number of nitriles is 1. The molecule has 0 bridgehead atoms.